The van der Waals surface area contributed by atoms with E-state index in [1.807, 2.05) is 17.0 Å². The highest BCUT2D eigenvalue weighted by Gasteiger charge is 2.57. The van der Waals surface area contributed by atoms with Gasteiger partial charge in [-0.25, -0.2) is 0 Å². The normalized spacial score (nSPS) is 20.0. The molecule has 1 amide bonds. The van der Waals surface area contributed by atoms with Gasteiger partial charge in [0.25, 0.3) is 5.91 Å². The first-order chi connectivity index (χ1) is 12.7. The number of rotatable bonds is 6. The Kier molecular flexibility index (Phi) is 6.69. The quantitative estimate of drug-likeness (QED) is 0.744. The molecule has 27 heavy (non-hydrogen) atoms. The van der Waals surface area contributed by atoms with Gasteiger partial charge >= 0.3 is 0 Å². The van der Waals surface area contributed by atoms with Crippen molar-refractivity contribution in [2.24, 2.45) is 5.41 Å². The Bertz CT molecular complexity index is 763. The van der Waals surface area contributed by atoms with Crippen molar-refractivity contribution >= 4 is 41.3 Å². The van der Waals surface area contributed by atoms with Gasteiger partial charge in [0.2, 0.25) is 0 Å². The molecule has 2 heterocycles. The Hall–Kier alpha value is -1.27. The van der Waals surface area contributed by atoms with E-state index in [0.29, 0.717) is 28.8 Å². The van der Waals surface area contributed by atoms with Gasteiger partial charge < -0.3 is 15.0 Å². The highest BCUT2D eigenvalue weighted by atomic mass is 35.5. The largest absolute Gasteiger partial charge is 0.482 e. The van der Waals surface area contributed by atoms with Crippen LogP contribution in [-0.2, 0) is 11.3 Å². The fourth-order valence-corrected chi connectivity index (χ4v) is 4.81. The summed E-state index contributed by atoms with van der Waals surface area (Å²) < 4.78 is 5.72. The van der Waals surface area contributed by atoms with Crippen LogP contribution in [-0.4, -0.2) is 36.5 Å². The number of benzene rings is 1. The van der Waals surface area contributed by atoms with Gasteiger partial charge in [-0.2, -0.15) is 11.3 Å². The van der Waals surface area contributed by atoms with Gasteiger partial charge in [-0.15, -0.1) is 12.4 Å². The molecule has 1 aliphatic heterocycles. The van der Waals surface area contributed by atoms with Gasteiger partial charge in [-0.3, -0.25) is 4.79 Å². The van der Waals surface area contributed by atoms with Crippen molar-refractivity contribution in [1.29, 1.82) is 0 Å². The number of nitrogens with one attached hydrogen (secondary N) is 1. The molecule has 4 rings (SSSR count). The zero-order chi connectivity index (χ0) is 18.0. The van der Waals surface area contributed by atoms with Crippen molar-refractivity contribution in [2.75, 3.05) is 19.7 Å². The molecule has 2 aliphatic rings. The second-order valence-corrected chi connectivity index (χ2v) is 8.39. The van der Waals surface area contributed by atoms with E-state index in [2.05, 4.69) is 22.1 Å². The van der Waals surface area contributed by atoms with Crippen LogP contribution < -0.4 is 10.1 Å². The second kappa shape index (κ2) is 8.82. The summed E-state index contributed by atoms with van der Waals surface area (Å²) in [5, 5.41) is 8.14. The number of halogens is 2. The summed E-state index contributed by atoms with van der Waals surface area (Å²) in [6.07, 6.45) is 3.41. The lowest BCUT2D eigenvalue weighted by Crippen LogP contribution is -2.41. The number of ether oxygens (including phenoxy) is 1. The average molecular weight is 427 g/mol. The highest BCUT2D eigenvalue weighted by Crippen LogP contribution is 2.56. The third-order valence-electron chi connectivity index (χ3n) is 5.56. The summed E-state index contributed by atoms with van der Waals surface area (Å²) in [5.41, 5.74) is 1.50. The van der Waals surface area contributed by atoms with Crippen molar-refractivity contribution < 1.29 is 9.53 Å². The van der Waals surface area contributed by atoms with Crippen LogP contribution in [0, 0.1) is 5.41 Å². The predicted molar refractivity (Wildman–Crippen MR) is 112 cm³/mol. The number of hydrogen-bond acceptors (Lipinski definition) is 4. The summed E-state index contributed by atoms with van der Waals surface area (Å²) >= 11 is 7.81. The molecule has 2 fully saturated rings. The predicted octanol–water partition coefficient (Wildman–Crippen LogP) is 4.37. The Labute approximate surface area is 175 Å². The molecule has 1 aromatic heterocycles. The minimum absolute atomic E-state index is 0. The molecule has 1 unspecified atom stereocenters. The molecular formula is C20H24Cl2N2O2S. The lowest BCUT2D eigenvalue weighted by atomic mass is 9.93. The van der Waals surface area contributed by atoms with E-state index in [-0.39, 0.29) is 24.9 Å². The van der Waals surface area contributed by atoms with E-state index in [9.17, 15) is 4.79 Å². The maximum absolute atomic E-state index is 13.0. The molecule has 1 aliphatic carbocycles. The Morgan fingerprint density at radius 1 is 1.30 bits per heavy atom. The molecule has 1 N–H and O–H groups in total. The van der Waals surface area contributed by atoms with E-state index < -0.39 is 0 Å². The molecular weight excluding hydrogens is 403 g/mol. The summed E-state index contributed by atoms with van der Waals surface area (Å²) in [6, 6.07) is 9.70. The van der Waals surface area contributed by atoms with Gasteiger partial charge in [0, 0.05) is 12.6 Å². The third-order valence-corrected chi connectivity index (χ3v) is 6.61. The van der Waals surface area contributed by atoms with Crippen molar-refractivity contribution in [3.63, 3.8) is 0 Å². The van der Waals surface area contributed by atoms with Gasteiger partial charge in [-0.05, 0) is 72.3 Å². The Morgan fingerprint density at radius 2 is 2.07 bits per heavy atom. The molecule has 0 radical (unpaired) electrons. The minimum Gasteiger partial charge on any atom is -0.482 e. The van der Waals surface area contributed by atoms with E-state index in [1.54, 1.807) is 23.5 Å². The molecule has 7 heteroatoms. The monoisotopic (exact) mass is 426 g/mol. The first kappa shape index (κ1) is 20.5. The van der Waals surface area contributed by atoms with Crippen molar-refractivity contribution in [2.45, 2.75) is 31.8 Å². The fourth-order valence-electron chi connectivity index (χ4n) is 3.96. The third kappa shape index (κ3) is 4.60. The van der Waals surface area contributed by atoms with E-state index in [1.165, 1.54) is 5.56 Å². The van der Waals surface area contributed by atoms with Crippen molar-refractivity contribution in [3.8, 4) is 5.75 Å². The first-order valence-electron chi connectivity index (χ1n) is 9.07. The fraction of sp³-hybridized carbons (Fsp3) is 0.450. The van der Waals surface area contributed by atoms with Gasteiger partial charge in [0.15, 0.2) is 6.61 Å². The van der Waals surface area contributed by atoms with Crippen LogP contribution in [0.2, 0.25) is 5.02 Å². The molecule has 1 saturated heterocycles. The summed E-state index contributed by atoms with van der Waals surface area (Å²) in [5.74, 6) is 0.599. The first-order valence-corrected chi connectivity index (χ1v) is 10.4. The average Bonchev–Trinajstić information content (AvgIpc) is 3.08. The minimum atomic E-state index is 0. The van der Waals surface area contributed by atoms with Crippen molar-refractivity contribution in [1.82, 2.24) is 10.2 Å². The van der Waals surface area contributed by atoms with Crippen LogP contribution in [0.3, 0.4) is 0 Å². The molecule has 1 atom stereocenters. The number of nitrogens with zero attached hydrogens (tertiary/aromatic N) is 1. The number of thiophene rings is 1. The van der Waals surface area contributed by atoms with Crippen LogP contribution in [0.1, 0.15) is 24.8 Å². The number of carbonyl (C=O) groups excluding carboxylic acids is 1. The molecule has 0 bridgehead atoms. The van der Waals surface area contributed by atoms with Crippen LogP contribution in [0.4, 0.5) is 0 Å². The Morgan fingerprint density at radius 3 is 2.78 bits per heavy atom. The maximum Gasteiger partial charge on any atom is 0.261 e. The SMILES string of the molecule is Cl.O=C(COc1ccccc1Cl)N(Cc1ccsc1)C1CC12CCNCC2. The number of piperidine rings is 1. The molecule has 2 aromatic rings. The topological polar surface area (TPSA) is 41.6 Å². The lowest BCUT2D eigenvalue weighted by molar-refractivity contribution is -0.135. The van der Waals surface area contributed by atoms with E-state index in [4.69, 9.17) is 16.3 Å². The van der Waals surface area contributed by atoms with Gasteiger partial charge in [0.1, 0.15) is 5.75 Å². The number of carbonyl (C=O) groups is 1. The molecule has 1 spiro atoms. The van der Waals surface area contributed by atoms with Gasteiger partial charge in [0.05, 0.1) is 5.02 Å². The standard InChI is InChI=1S/C20H23ClN2O2S.ClH/c21-16-3-1-2-4-17(16)25-13-19(24)23(12-15-5-10-26-14-15)18-11-20(18)6-8-22-9-7-20;/h1-5,10,14,18,22H,6-9,11-13H2;1H. The molecule has 4 nitrogen and oxygen atoms in total. The van der Waals surface area contributed by atoms with Crippen LogP contribution in [0.5, 0.6) is 5.75 Å². The highest BCUT2D eigenvalue weighted by molar-refractivity contribution is 7.07. The summed E-state index contributed by atoms with van der Waals surface area (Å²) in [6.45, 7) is 2.78. The van der Waals surface area contributed by atoms with Crippen LogP contribution >= 0.6 is 35.3 Å². The summed E-state index contributed by atoms with van der Waals surface area (Å²) in [7, 11) is 0. The molecule has 146 valence electrons. The van der Waals surface area contributed by atoms with Gasteiger partial charge in [-0.1, -0.05) is 23.7 Å². The summed E-state index contributed by atoms with van der Waals surface area (Å²) in [4.78, 5) is 15.0. The number of amides is 1. The molecule has 1 aromatic carbocycles. The zero-order valence-electron chi connectivity index (χ0n) is 15.0. The van der Waals surface area contributed by atoms with Crippen LogP contribution in [0.25, 0.3) is 0 Å². The van der Waals surface area contributed by atoms with E-state index in [0.717, 1.165) is 32.4 Å². The zero-order valence-corrected chi connectivity index (χ0v) is 17.4. The number of hydrogen-bond donors (Lipinski definition) is 1. The Balaban J connectivity index is 0.00000210. The van der Waals surface area contributed by atoms with E-state index >= 15 is 0 Å². The van der Waals surface area contributed by atoms with Crippen LogP contribution in [0.15, 0.2) is 41.1 Å². The van der Waals surface area contributed by atoms with Crippen molar-refractivity contribution in [3.05, 3.63) is 51.7 Å². The molecule has 1 saturated carbocycles. The lowest BCUT2D eigenvalue weighted by Gasteiger charge is -2.29. The number of para-hydroxylation sites is 1. The second-order valence-electron chi connectivity index (χ2n) is 7.20. The smallest absolute Gasteiger partial charge is 0.261 e. The maximum atomic E-state index is 13.0.